The van der Waals surface area contributed by atoms with Gasteiger partial charge in [-0.15, -0.1) is 11.3 Å². The zero-order valence-electron chi connectivity index (χ0n) is 19.5. The Hall–Kier alpha value is -3.99. The molecule has 0 bridgehead atoms. The summed E-state index contributed by atoms with van der Waals surface area (Å²) in [6.45, 7) is 5.97. The predicted molar refractivity (Wildman–Crippen MR) is 135 cm³/mol. The number of hydrogen-bond acceptors (Lipinski definition) is 6. The van der Waals surface area contributed by atoms with Crippen LogP contribution in [0.4, 0.5) is 18.9 Å². The molecule has 0 aliphatic heterocycles. The molecule has 0 radical (unpaired) electrons. The third-order valence-electron chi connectivity index (χ3n) is 5.38. The van der Waals surface area contributed by atoms with Gasteiger partial charge in [0, 0.05) is 29.7 Å². The summed E-state index contributed by atoms with van der Waals surface area (Å²) in [5.41, 5.74) is 4.03. The van der Waals surface area contributed by atoms with Gasteiger partial charge >= 0.3 is 6.18 Å². The Morgan fingerprint density at radius 2 is 1.81 bits per heavy atom. The fourth-order valence-corrected chi connectivity index (χ4v) is 4.30. The Bertz CT molecular complexity index is 1340. The Kier molecular flexibility index (Phi) is 7.49. The van der Waals surface area contributed by atoms with Crippen molar-refractivity contribution in [3.63, 3.8) is 0 Å². The van der Waals surface area contributed by atoms with Crippen molar-refractivity contribution in [3.8, 4) is 16.4 Å². The number of rotatable bonds is 8. The van der Waals surface area contributed by atoms with Crippen molar-refractivity contribution in [1.29, 1.82) is 0 Å². The number of hydrazone groups is 1. The quantitative estimate of drug-likeness (QED) is 0.245. The smallest absolute Gasteiger partial charge is 0.372 e. The van der Waals surface area contributed by atoms with E-state index >= 15 is 0 Å². The van der Waals surface area contributed by atoms with Gasteiger partial charge < -0.3 is 4.90 Å². The molecular formula is C25H23F3N6OS. The Morgan fingerprint density at radius 1 is 1.11 bits per heavy atom. The molecule has 0 aliphatic carbocycles. The Labute approximate surface area is 209 Å². The molecule has 7 nitrogen and oxygen atoms in total. The van der Waals surface area contributed by atoms with Crippen LogP contribution in [0.1, 0.15) is 35.6 Å². The van der Waals surface area contributed by atoms with Crippen molar-refractivity contribution in [2.24, 2.45) is 5.10 Å². The lowest BCUT2D eigenvalue weighted by Crippen LogP contribution is -2.21. The van der Waals surface area contributed by atoms with Crippen molar-refractivity contribution in [2.75, 3.05) is 18.0 Å². The summed E-state index contributed by atoms with van der Waals surface area (Å²) >= 11 is 1.01. The normalized spacial score (nSPS) is 11.7. The number of amides is 1. The van der Waals surface area contributed by atoms with E-state index < -0.39 is 17.8 Å². The first kappa shape index (κ1) is 25.1. The lowest BCUT2D eigenvalue weighted by atomic mass is 10.1. The number of alkyl halides is 3. The van der Waals surface area contributed by atoms with E-state index in [1.165, 1.54) is 11.6 Å². The maximum atomic E-state index is 13.3. The van der Waals surface area contributed by atoms with Crippen LogP contribution < -0.4 is 10.3 Å². The lowest BCUT2D eigenvalue weighted by Gasteiger charge is -2.20. The van der Waals surface area contributed by atoms with E-state index in [4.69, 9.17) is 0 Å². The molecule has 4 rings (SSSR count). The highest BCUT2D eigenvalue weighted by Gasteiger charge is 2.35. The highest BCUT2D eigenvalue weighted by molar-refractivity contribution is 7.12. The number of carbonyl (C=O) groups excluding carboxylic acids is 1. The van der Waals surface area contributed by atoms with Gasteiger partial charge in [-0.2, -0.15) is 23.4 Å². The largest absolute Gasteiger partial charge is 0.435 e. The standard InChI is InChI=1S/C25H23F3N6OS/c1-3-33(4-2)19-12-10-17(11-13-19)15-29-31-23(35)20-16-36-24(30-20)34-21(18-8-6-5-7-9-18)14-22(32-34)25(26,27)28/h5-16H,3-4H2,1-2H3,(H,31,35)/b29-15-. The van der Waals surface area contributed by atoms with Crippen LogP contribution in [0.3, 0.4) is 0 Å². The minimum atomic E-state index is -4.62. The molecule has 2 aromatic heterocycles. The maximum absolute atomic E-state index is 13.3. The molecule has 0 saturated heterocycles. The van der Waals surface area contributed by atoms with Crippen LogP contribution in [0, 0.1) is 0 Å². The maximum Gasteiger partial charge on any atom is 0.435 e. The van der Waals surface area contributed by atoms with Crippen molar-refractivity contribution in [2.45, 2.75) is 20.0 Å². The van der Waals surface area contributed by atoms with E-state index in [1.807, 2.05) is 24.3 Å². The highest BCUT2D eigenvalue weighted by atomic mass is 32.1. The number of anilines is 1. The van der Waals surface area contributed by atoms with E-state index in [0.717, 1.165) is 46.4 Å². The van der Waals surface area contributed by atoms with E-state index in [2.05, 4.69) is 39.4 Å². The Balaban J connectivity index is 1.50. The first-order chi connectivity index (χ1) is 17.3. The molecule has 0 spiro atoms. The van der Waals surface area contributed by atoms with Gasteiger partial charge in [0.25, 0.3) is 5.91 Å². The summed E-state index contributed by atoms with van der Waals surface area (Å²) in [6.07, 6.45) is -3.11. The average molecular weight is 513 g/mol. The van der Waals surface area contributed by atoms with Gasteiger partial charge in [-0.05, 0) is 37.6 Å². The number of nitrogens with one attached hydrogen (secondary N) is 1. The molecule has 0 aliphatic rings. The lowest BCUT2D eigenvalue weighted by molar-refractivity contribution is -0.141. The first-order valence-electron chi connectivity index (χ1n) is 11.2. The minimum absolute atomic E-state index is 0.0205. The van der Waals surface area contributed by atoms with Gasteiger partial charge in [-0.3, -0.25) is 4.79 Å². The molecule has 1 N–H and O–H groups in total. The second-order valence-electron chi connectivity index (χ2n) is 7.67. The second-order valence-corrected chi connectivity index (χ2v) is 8.51. The highest BCUT2D eigenvalue weighted by Crippen LogP contribution is 2.33. The number of benzene rings is 2. The van der Waals surface area contributed by atoms with Crippen LogP contribution >= 0.6 is 11.3 Å². The molecule has 11 heteroatoms. The number of carbonyl (C=O) groups is 1. The van der Waals surface area contributed by atoms with Gasteiger partial charge in [0.1, 0.15) is 5.69 Å². The van der Waals surface area contributed by atoms with Gasteiger partial charge in [-0.1, -0.05) is 42.5 Å². The van der Waals surface area contributed by atoms with Crippen LogP contribution in [0.2, 0.25) is 0 Å². The average Bonchev–Trinajstić information content (AvgIpc) is 3.54. The van der Waals surface area contributed by atoms with Crippen LogP contribution in [-0.2, 0) is 6.18 Å². The summed E-state index contributed by atoms with van der Waals surface area (Å²) in [6, 6.07) is 17.3. The monoisotopic (exact) mass is 512 g/mol. The zero-order chi connectivity index (χ0) is 25.7. The summed E-state index contributed by atoms with van der Waals surface area (Å²) in [7, 11) is 0. The van der Waals surface area contributed by atoms with Crippen LogP contribution in [0.25, 0.3) is 16.4 Å². The zero-order valence-corrected chi connectivity index (χ0v) is 20.3. The second kappa shape index (κ2) is 10.7. The summed E-state index contributed by atoms with van der Waals surface area (Å²) in [4.78, 5) is 18.9. The van der Waals surface area contributed by atoms with Crippen LogP contribution in [0.15, 0.2) is 71.1 Å². The van der Waals surface area contributed by atoms with Crippen LogP contribution in [-0.4, -0.2) is 40.0 Å². The molecule has 1 amide bonds. The van der Waals surface area contributed by atoms with Crippen molar-refractivity contribution in [1.82, 2.24) is 20.2 Å². The molecule has 0 saturated carbocycles. The van der Waals surface area contributed by atoms with E-state index in [0.29, 0.717) is 5.56 Å². The molecule has 186 valence electrons. The molecule has 2 heterocycles. The van der Waals surface area contributed by atoms with Gasteiger partial charge in [0.2, 0.25) is 5.13 Å². The molecule has 0 atom stereocenters. The molecular weight excluding hydrogens is 489 g/mol. The van der Waals surface area contributed by atoms with E-state index in [-0.39, 0.29) is 16.5 Å². The molecule has 2 aromatic carbocycles. The van der Waals surface area contributed by atoms with Gasteiger partial charge in [-0.25, -0.2) is 15.1 Å². The van der Waals surface area contributed by atoms with Gasteiger partial charge in [0.15, 0.2) is 5.69 Å². The molecule has 4 aromatic rings. The minimum Gasteiger partial charge on any atom is -0.372 e. The fourth-order valence-electron chi connectivity index (χ4n) is 3.53. The van der Waals surface area contributed by atoms with E-state index in [9.17, 15) is 18.0 Å². The van der Waals surface area contributed by atoms with Crippen LogP contribution in [0.5, 0.6) is 0 Å². The third kappa shape index (κ3) is 5.62. The topological polar surface area (TPSA) is 75.4 Å². The summed E-state index contributed by atoms with van der Waals surface area (Å²) < 4.78 is 41.1. The first-order valence-corrected chi connectivity index (χ1v) is 12.0. The molecule has 0 fully saturated rings. The van der Waals surface area contributed by atoms with Crippen molar-refractivity contribution in [3.05, 3.63) is 83.0 Å². The van der Waals surface area contributed by atoms with E-state index in [1.54, 1.807) is 30.3 Å². The van der Waals surface area contributed by atoms with Crippen molar-refractivity contribution < 1.29 is 18.0 Å². The Morgan fingerprint density at radius 3 is 2.44 bits per heavy atom. The summed E-state index contributed by atoms with van der Waals surface area (Å²) in [5.74, 6) is -0.585. The molecule has 36 heavy (non-hydrogen) atoms. The fraction of sp³-hybridized carbons (Fsp3) is 0.200. The number of thiazole rings is 1. The van der Waals surface area contributed by atoms with Gasteiger partial charge in [0.05, 0.1) is 11.9 Å². The summed E-state index contributed by atoms with van der Waals surface area (Å²) in [5, 5.41) is 9.26. The number of hydrogen-bond donors (Lipinski definition) is 1. The number of nitrogens with zero attached hydrogens (tertiary/aromatic N) is 5. The predicted octanol–water partition coefficient (Wildman–Crippen LogP) is 5.62. The SMILES string of the molecule is CCN(CC)c1ccc(/C=N\NC(=O)c2csc(-n3nc(C(F)(F)F)cc3-c3ccccc3)n2)cc1. The number of aromatic nitrogens is 3. The van der Waals surface area contributed by atoms with Crippen molar-refractivity contribution >= 4 is 29.1 Å². The molecule has 0 unspecified atom stereocenters. The third-order valence-corrected chi connectivity index (χ3v) is 6.19. The number of halogens is 3.